The maximum atomic E-state index is 11.8. The van der Waals surface area contributed by atoms with Crippen LogP contribution in [0, 0.1) is 10.1 Å². The molecule has 1 aromatic rings. The molecule has 0 spiro atoms. The van der Waals surface area contributed by atoms with Crippen molar-refractivity contribution in [1.82, 2.24) is 0 Å². The highest BCUT2D eigenvalue weighted by molar-refractivity contribution is 6.17. The van der Waals surface area contributed by atoms with Crippen LogP contribution in [0.25, 0.3) is 0 Å². The number of halogens is 4. The van der Waals surface area contributed by atoms with Crippen LogP contribution in [0.2, 0.25) is 0 Å². The molecule has 0 bridgehead atoms. The van der Waals surface area contributed by atoms with E-state index >= 15 is 0 Å². The number of alkyl halides is 4. The van der Waals surface area contributed by atoms with Gasteiger partial charge in [0.15, 0.2) is 11.5 Å². The van der Waals surface area contributed by atoms with Crippen molar-refractivity contribution < 1.29 is 32.3 Å². The Bertz CT molecular complexity index is 509. The predicted octanol–water partition coefficient (Wildman–Crippen LogP) is 3.26. The quantitative estimate of drug-likeness (QED) is 0.332. The fourth-order valence-corrected chi connectivity index (χ4v) is 1.66. The van der Waals surface area contributed by atoms with Crippen molar-refractivity contribution in [3.8, 4) is 11.5 Å². The lowest BCUT2D eigenvalue weighted by Crippen LogP contribution is -2.18. The van der Waals surface area contributed by atoms with Gasteiger partial charge in [-0.2, -0.15) is 0 Å². The molecule has 1 rings (SSSR count). The molecule has 0 amide bonds. The number of benzene rings is 1. The lowest BCUT2D eigenvalue weighted by Gasteiger charge is -2.13. The molecule has 0 N–H and O–H groups in total. The average Bonchev–Trinajstić information content (AvgIpc) is 2.41. The van der Waals surface area contributed by atoms with Gasteiger partial charge in [-0.05, 0) is 6.07 Å². The second-order valence-corrected chi connectivity index (χ2v) is 3.93. The minimum absolute atomic E-state index is 0.0659. The maximum Gasteiger partial charge on any atom is 0.522 e. The van der Waals surface area contributed by atoms with Gasteiger partial charge in [-0.25, -0.2) is 0 Å². The molecule has 0 aromatic heterocycles. The van der Waals surface area contributed by atoms with E-state index < -0.39 is 24.5 Å². The highest BCUT2D eigenvalue weighted by Crippen LogP contribution is 2.35. The number of nitro groups is 1. The van der Waals surface area contributed by atoms with Gasteiger partial charge >= 0.3 is 6.36 Å². The molecule has 0 heterocycles. The summed E-state index contributed by atoms with van der Waals surface area (Å²) in [6.07, 6.45) is -4.76. The van der Waals surface area contributed by atoms with Crippen molar-refractivity contribution in [3.05, 3.63) is 27.8 Å². The summed E-state index contributed by atoms with van der Waals surface area (Å²) in [6.45, 7) is -1.20. The second-order valence-electron chi connectivity index (χ2n) is 3.67. The van der Waals surface area contributed by atoms with Gasteiger partial charge in [0.05, 0.1) is 30.6 Å². The Hall–Kier alpha value is -1.74. The van der Waals surface area contributed by atoms with Crippen LogP contribution in [0.5, 0.6) is 11.5 Å². The normalized spacial score (nSPS) is 11.3. The van der Waals surface area contributed by atoms with Crippen molar-refractivity contribution in [2.45, 2.75) is 12.2 Å². The van der Waals surface area contributed by atoms with Gasteiger partial charge in [-0.1, -0.05) is 0 Å². The Labute approximate surface area is 122 Å². The molecule has 6 nitrogen and oxygen atoms in total. The Morgan fingerprint density at radius 1 is 1.29 bits per heavy atom. The van der Waals surface area contributed by atoms with Crippen LogP contribution in [-0.4, -0.2) is 31.6 Å². The molecule has 0 aliphatic heterocycles. The largest absolute Gasteiger partial charge is 0.522 e. The lowest BCUT2D eigenvalue weighted by atomic mass is 10.2. The van der Waals surface area contributed by atoms with Crippen molar-refractivity contribution >= 4 is 17.3 Å². The smallest absolute Gasteiger partial charge is 0.493 e. The van der Waals surface area contributed by atoms with Crippen LogP contribution in [-0.2, 0) is 10.6 Å². The summed E-state index contributed by atoms with van der Waals surface area (Å²) in [5, 5.41) is 10.9. The molecule has 0 atom stereocenters. The molecule has 0 aliphatic rings. The SMILES string of the molecule is COc1cc(CCl)c([N+](=O)[O-])cc1OCCOC(F)(F)F. The van der Waals surface area contributed by atoms with Crippen LogP contribution in [0.1, 0.15) is 5.56 Å². The van der Waals surface area contributed by atoms with E-state index in [-0.39, 0.29) is 28.6 Å². The molecule has 21 heavy (non-hydrogen) atoms. The minimum Gasteiger partial charge on any atom is -0.493 e. The Balaban J connectivity index is 2.85. The third-order valence-corrected chi connectivity index (χ3v) is 2.60. The zero-order chi connectivity index (χ0) is 16.0. The van der Waals surface area contributed by atoms with E-state index in [4.69, 9.17) is 21.1 Å². The molecule has 0 saturated carbocycles. The number of hydrogen-bond donors (Lipinski definition) is 0. The van der Waals surface area contributed by atoms with E-state index in [0.29, 0.717) is 0 Å². The molecule has 1 aromatic carbocycles. The van der Waals surface area contributed by atoms with E-state index in [1.54, 1.807) is 0 Å². The fourth-order valence-electron chi connectivity index (χ4n) is 1.45. The summed E-state index contributed by atoms with van der Waals surface area (Å²) < 4.78 is 48.9. The van der Waals surface area contributed by atoms with E-state index in [1.165, 1.54) is 13.2 Å². The lowest BCUT2D eigenvalue weighted by molar-refractivity contribution is -0.385. The topological polar surface area (TPSA) is 70.8 Å². The van der Waals surface area contributed by atoms with Crippen LogP contribution >= 0.6 is 11.6 Å². The fraction of sp³-hybridized carbons (Fsp3) is 0.455. The van der Waals surface area contributed by atoms with Gasteiger partial charge in [0.25, 0.3) is 5.69 Å². The highest BCUT2D eigenvalue weighted by Gasteiger charge is 2.28. The van der Waals surface area contributed by atoms with Crippen LogP contribution in [0.4, 0.5) is 18.9 Å². The molecule has 0 aliphatic carbocycles. The Kier molecular flexibility index (Phi) is 6.03. The van der Waals surface area contributed by atoms with E-state index in [0.717, 1.165) is 6.07 Å². The molecule has 10 heteroatoms. The molecule has 0 saturated heterocycles. The van der Waals surface area contributed by atoms with Crippen LogP contribution < -0.4 is 9.47 Å². The second kappa shape index (κ2) is 7.32. The van der Waals surface area contributed by atoms with Gasteiger partial charge in [0.1, 0.15) is 6.61 Å². The summed E-state index contributed by atoms with van der Waals surface area (Å²) in [7, 11) is 1.29. The van der Waals surface area contributed by atoms with Crippen molar-refractivity contribution in [2.75, 3.05) is 20.3 Å². The number of rotatable bonds is 7. The number of ether oxygens (including phenoxy) is 3. The summed E-state index contributed by atoms with van der Waals surface area (Å²) in [4.78, 5) is 10.2. The van der Waals surface area contributed by atoms with E-state index in [2.05, 4.69) is 4.74 Å². The monoisotopic (exact) mass is 329 g/mol. The molecule has 118 valence electrons. The first-order chi connectivity index (χ1) is 9.78. The van der Waals surface area contributed by atoms with Gasteiger partial charge in [0, 0.05) is 5.56 Å². The summed E-state index contributed by atoms with van der Waals surface area (Å²) in [5.74, 6) is -0.0588. The molecule has 0 radical (unpaired) electrons. The van der Waals surface area contributed by atoms with E-state index in [9.17, 15) is 23.3 Å². The number of methoxy groups -OCH3 is 1. The van der Waals surface area contributed by atoms with Gasteiger partial charge in [-0.3, -0.25) is 14.9 Å². The number of hydrogen-bond acceptors (Lipinski definition) is 5. The standard InChI is InChI=1S/C11H11ClF3NO5/c1-19-9-4-7(6-12)8(16(17)18)5-10(9)20-2-3-21-11(13,14)15/h4-5H,2-3,6H2,1H3. The third kappa shape index (κ3) is 5.27. The van der Waals surface area contributed by atoms with Gasteiger partial charge in [0.2, 0.25) is 0 Å². The first kappa shape index (κ1) is 17.3. The molecule has 0 unspecified atom stereocenters. The van der Waals surface area contributed by atoms with Gasteiger partial charge in [-0.15, -0.1) is 24.8 Å². The van der Waals surface area contributed by atoms with Crippen molar-refractivity contribution in [1.29, 1.82) is 0 Å². The zero-order valence-electron chi connectivity index (χ0n) is 10.8. The summed E-state index contributed by atoms with van der Waals surface area (Å²) in [5.41, 5.74) is -0.102. The Morgan fingerprint density at radius 2 is 1.95 bits per heavy atom. The van der Waals surface area contributed by atoms with Crippen molar-refractivity contribution in [2.24, 2.45) is 0 Å². The molecular weight excluding hydrogens is 319 g/mol. The van der Waals surface area contributed by atoms with Crippen molar-refractivity contribution in [3.63, 3.8) is 0 Å². The third-order valence-electron chi connectivity index (χ3n) is 2.31. The Morgan fingerprint density at radius 3 is 2.43 bits per heavy atom. The first-order valence-corrected chi connectivity index (χ1v) is 6.06. The van der Waals surface area contributed by atoms with Gasteiger partial charge < -0.3 is 9.47 Å². The predicted molar refractivity (Wildman–Crippen MR) is 66.7 cm³/mol. The average molecular weight is 330 g/mol. The minimum atomic E-state index is -4.76. The van der Waals surface area contributed by atoms with Crippen LogP contribution in [0.15, 0.2) is 12.1 Å². The first-order valence-electron chi connectivity index (χ1n) is 5.53. The molecular formula is C11H11ClF3NO5. The number of nitro benzene ring substituents is 1. The highest BCUT2D eigenvalue weighted by atomic mass is 35.5. The number of nitrogens with zero attached hydrogens (tertiary/aromatic N) is 1. The summed E-state index contributed by atoms with van der Waals surface area (Å²) >= 11 is 5.59. The van der Waals surface area contributed by atoms with E-state index in [1.807, 2.05) is 0 Å². The maximum absolute atomic E-state index is 11.8. The zero-order valence-corrected chi connectivity index (χ0v) is 11.5. The summed E-state index contributed by atoms with van der Waals surface area (Å²) in [6, 6.07) is 2.34. The molecule has 0 fully saturated rings. The van der Waals surface area contributed by atoms with Crippen LogP contribution in [0.3, 0.4) is 0 Å².